The number of piperidine rings is 1. The van der Waals surface area contributed by atoms with E-state index in [1.807, 2.05) is 0 Å². The summed E-state index contributed by atoms with van der Waals surface area (Å²) < 4.78 is 0. The van der Waals surface area contributed by atoms with Crippen LogP contribution in [0.3, 0.4) is 0 Å². The van der Waals surface area contributed by atoms with E-state index in [2.05, 4.69) is 12.1 Å². The van der Waals surface area contributed by atoms with Crippen LogP contribution in [-0.4, -0.2) is 16.1 Å². The largest absolute Gasteiger partial charge is 0.266 e. The molecule has 4 nitrogen and oxygen atoms in total. The topological polar surface area (TPSA) is 76.8 Å². The standard InChI is InChI=1S/C14H20N4/c15-9-13-6-2-1-4-11(13)8-12-5-3-7-14(12,10-16)18(13)17/h11-12H,1-8,17H2/t11-,12-,13-,14-/m1/s1. The Kier molecular flexibility index (Phi) is 2.62. The summed E-state index contributed by atoms with van der Waals surface area (Å²) in [6, 6.07) is 4.96. The fourth-order valence-electron chi connectivity index (χ4n) is 4.65. The normalized spacial score (nSPS) is 47.7. The van der Waals surface area contributed by atoms with Gasteiger partial charge in [0.05, 0.1) is 12.1 Å². The zero-order chi connectivity index (χ0) is 12.8. The molecule has 3 aliphatic rings. The van der Waals surface area contributed by atoms with E-state index in [4.69, 9.17) is 5.84 Å². The number of hydrogen-bond donors (Lipinski definition) is 1. The maximum atomic E-state index is 9.70. The van der Waals surface area contributed by atoms with Crippen molar-refractivity contribution in [2.45, 2.75) is 62.4 Å². The predicted octanol–water partition coefficient (Wildman–Crippen LogP) is 2.08. The van der Waals surface area contributed by atoms with Crippen LogP contribution in [-0.2, 0) is 0 Å². The molecule has 2 N–H and O–H groups in total. The Bertz CT molecular complexity index is 434. The second-order valence-corrected chi connectivity index (χ2v) is 6.21. The Hall–Kier alpha value is -1.10. The Balaban J connectivity index is 2.05. The lowest BCUT2D eigenvalue weighted by Crippen LogP contribution is -2.71. The van der Waals surface area contributed by atoms with E-state index in [0.29, 0.717) is 11.8 Å². The molecule has 1 heterocycles. The number of hydrazine groups is 1. The summed E-state index contributed by atoms with van der Waals surface area (Å²) in [5.74, 6) is 7.09. The number of nitrogens with zero attached hydrogens (tertiary/aromatic N) is 3. The first kappa shape index (κ1) is 12.0. The maximum Gasteiger partial charge on any atom is 0.126 e. The Morgan fingerprint density at radius 2 is 1.50 bits per heavy atom. The molecule has 96 valence electrons. The summed E-state index contributed by atoms with van der Waals surface area (Å²) in [5.41, 5.74) is -1.14. The highest BCUT2D eigenvalue weighted by molar-refractivity contribution is 5.26. The van der Waals surface area contributed by atoms with E-state index in [1.165, 1.54) is 6.42 Å². The van der Waals surface area contributed by atoms with E-state index in [0.717, 1.165) is 44.9 Å². The fraction of sp³-hybridized carbons (Fsp3) is 0.857. The predicted molar refractivity (Wildman–Crippen MR) is 66.6 cm³/mol. The molecule has 0 radical (unpaired) electrons. The van der Waals surface area contributed by atoms with Crippen molar-refractivity contribution >= 4 is 0 Å². The first-order chi connectivity index (χ1) is 8.69. The van der Waals surface area contributed by atoms with E-state index in [1.54, 1.807) is 5.01 Å². The van der Waals surface area contributed by atoms with Gasteiger partial charge < -0.3 is 0 Å². The third-order valence-corrected chi connectivity index (χ3v) is 5.64. The van der Waals surface area contributed by atoms with Crippen LogP contribution in [0.4, 0.5) is 0 Å². The van der Waals surface area contributed by atoms with Crippen LogP contribution in [0.25, 0.3) is 0 Å². The molecular weight excluding hydrogens is 224 g/mol. The van der Waals surface area contributed by atoms with Gasteiger partial charge in [0.25, 0.3) is 0 Å². The van der Waals surface area contributed by atoms with Crippen molar-refractivity contribution in [1.82, 2.24) is 5.01 Å². The zero-order valence-corrected chi connectivity index (χ0v) is 10.7. The molecule has 0 aromatic heterocycles. The molecule has 18 heavy (non-hydrogen) atoms. The van der Waals surface area contributed by atoms with Crippen molar-refractivity contribution < 1.29 is 0 Å². The van der Waals surface area contributed by atoms with Crippen LogP contribution < -0.4 is 5.84 Å². The van der Waals surface area contributed by atoms with Crippen molar-refractivity contribution in [3.05, 3.63) is 0 Å². The number of fused-ring (bicyclic) bond motifs is 2. The minimum atomic E-state index is -0.575. The number of nitrogens with two attached hydrogens (primary N) is 1. The van der Waals surface area contributed by atoms with E-state index in [9.17, 15) is 10.5 Å². The van der Waals surface area contributed by atoms with E-state index >= 15 is 0 Å². The Morgan fingerprint density at radius 1 is 0.944 bits per heavy atom. The van der Waals surface area contributed by atoms with E-state index in [-0.39, 0.29) is 0 Å². The van der Waals surface area contributed by atoms with Crippen molar-refractivity contribution in [1.29, 1.82) is 10.5 Å². The smallest absolute Gasteiger partial charge is 0.126 e. The van der Waals surface area contributed by atoms with Crippen LogP contribution in [0, 0.1) is 34.5 Å². The van der Waals surface area contributed by atoms with Gasteiger partial charge in [0.1, 0.15) is 11.1 Å². The molecule has 0 amide bonds. The van der Waals surface area contributed by atoms with Crippen LogP contribution in [0.1, 0.15) is 51.4 Å². The first-order valence-electron chi connectivity index (χ1n) is 7.07. The molecule has 0 spiro atoms. The first-order valence-corrected chi connectivity index (χ1v) is 7.07. The highest BCUT2D eigenvalue weighted by atomic mass is 15.5. The van der Waals surface area contributed by atoms with Gasteiger partial charge in [0.15, 0.2) is 0 Å². The lowest BCUT2D eigenvalue weighted by molar-refractivity contribution is -0.0864. The van der Waals surface area contributed by atoms with Crippen molar-refractivity contribution in [3.63, 3.8) is 0 Å². The lowest BCUT2D eigenvalue weighted by Gasteiger charge is -2.56. The van der Waals surface area contributed by atoms with Gasteiger partial charge in [0.2, 0.25) is 0 Å². The molecule has 1 saturated heterocycles. The number of rotatable bonds is 0. The monoisotopic (exact) mass is 244 g/mol. The average Bonchev–Trinajstić information content (AvgIpc) is 2.83. The zero-order valence-electron chi connectivity index (χ0n) is 10.7. The van der Waals surface area contributed by atoms with Gasteiger partial charge >= 0.3 is 0 Å². The summed E-state index contributed by atoms with van der Waals surface area (Å²) in [4.78, 5) is 0. The molecule has 0 aromatic rings. The average molecular weight is 244 g/mol. The Labute approximate surface area is 108 Å². The summed E-state index contributed by atoms with van der Waals surface area (Å²) in [5, 5.41) is 21.0. The third-order valence-electron chi connectivity index (χ3n) is 5.64. The highest BCUT2D eigenvalue weighted by Crippen LogP contribution is 2.55. The minimum Gasteiger partial charge on any atom is -0.266 e. The SMILES string of the molecule is N#C[C@]12CCCC[C@@H]1C[C@H]1CCC[C@]1(C#N)N2N. The third kappa shape index (κ3) is 1.25. The minimum absolute atomic E-state index is 0.367. The molecular formula is C14H20N4. The van der Waals surface area contributed by atoms with Crippen molar-refractivity contribution in [2.24, 2.45) is 17.7 Å². The maximum absolute atomic E-state index is 9.70. The molecule has 4 atom stereocenters. The van der Waals surface area contributed by atoms with Gasteiger partial charge in [-0.05, 0) is 43.9 Å². The Morgan fingerprint density at radius 3 is 2.11 bits per heavy atom. The molecule has 2 saturated carbocycles. The van der Waals surface area contributed by atoms with Crippen LogP contribution in [0.2, 0.25) is 0 Å². The van der Waals surface area contributed by atoms with Crippen LogP contribution >= 0.6 is 0 Å². The molecule has 0 bridgehead atoms. The van der Waals surface area contributed by atoms with Crippen LogP contribution in [0.15, 0.2) is 0 Å². The summed E-state index contributed by atoms with van der Waals surface area (Å²) >= 11 is 0. The molecule has 0 aromatic carbocycles. The van der Waals surface area contributed by atoms with Crippen molar-refractivity contribution in [2.75, 3.05) is 0 Å². The van der Waals surface area contributed by atoms with Gasteiger partial charge in [0, 0.05) is 0 Å². The molecule has 3 fully saturated rings. The molecule has 2 aliphatic carbocycles. The van der Waals surface area contributed by atoms with Gasteiger partial charge in [-0.25, -0.2) is 5.01 Å². The number of nitriles is 2. The molecule has 4 heteroatoms. The van der Waals surface area contributed by atoms with Gasteiger partial charge in [-0.1, -0.05) is 19.3 Å². The summed E-state index contributed by atoms with van der Waals surface area (Å²) in [6.45, 7) is 0. The highest BCUT2D eigenvalue weighted by Gasteiger charge is 2.62. The molecule has 1 aliphatic heterocycles. The second kappa shape index (κ2) is 3.95. The summed E-state index contributed by atoms with van der Waals surface area (Å²) in [7, 11) is 0. The van der Waals surface area contributed by atoms with Gasteiger partial charge in [-0.3, -0.25) is 5.84 Å². The quantitative estimate of drug-likeness (QED) is 0.662. The van der Waals surface area contributed by atoms with Crippen molar-refractivity contribution in [3.8, 4) is 12.1 Å². The van der Waals surface area contributed by atoms with Crippen LogP contribution in [0.5, 0.6) is 0 Å². The van der Waals surface area contributed by atoms with Gasteiger partial charge in [-0.2, -0.15) is 10.5 Å². The summed E-state index contributed by atoms with van der Waals surface area (Å²) in [6.07, 6.45) is 8.22. The lowest BCUT2D eigenvalue weighted by atomic mass is 9.62. The van der Waals surface area contributed by atoms with Gasteiger partial charge in [-0.15, -0.1) is 0 Å². The second-order valence-electron chi connectivity index (χ2n) is 6.21. The number of hydrogen-bond acceptors (Lipinski definition) is 4. The molecule has 3 rings (SSSR count). The van der Waals surface area contributed by atoms with E-state index < -0.39 is 11.1 Å². The fourth-order valence-corrected chi connectivity index (χ4v) is 4.65. The molecule has 0 unspecified atom stereocenters.